The summed E-state index contributed by atoms with van der Waals surface area (Å²) in [7, 11) is 0. The average Bonchev–Trinajstić information content (AvgIpc) is 2.88. The topological polar surface area (TPSA) is 64.1 Å². The van der Waals surface area contributed by atoms with E-state index in [1.165, 1.54) is 12.1 Å². The summed E-state index contributed by atoms with van der Waals surface area (Å²) in [4.78, 5) is 4.22. The summed E-state index contributed by atoms with van der Waals surface area (Å²) in [5.74, 6) is -3.39. The molecule has 0 saturated heterocycles. The van der Waals surface area contributed by atoms with E-state index in [-0.39, 0.29) is 23.3 Å². The number of hydrogen-bond acceptors (Lipinski definition) is 4. The van der Waals surface area contributed by atoms with Crippen molar-refractivity contribution in [3.8, 4) is 0 Å². The third kappa shape index (κ3) is 3.67. The Kier molecular flexibility index (Phi) is 5.45. The maximum absolute atomic E-state index is 13.8. The molecule has 0 saturated carbocycles. The number of benzene rings is 1. The molecule has 0 spiro atoms. The first-order chi connectivity index (χ1) is 12.3. The van der Waals surface area contributed by atoms with Gasteiger partial charge in [0.1, 0.15) is 16.4 Å². The molecule has 26 heavy (non-hydrogen) atoms. The van der Waals surface area contributed by atoms with Crippen LogP contribution in [0.3, 0.4) is 0 Å². The van der Waals surface area contributed by atoms with Gasteiger partial charge in [0.2, 0.25) is 0 Å². The zero-order chi connectivity index (χ0) is 19.0. The van der Waals surface area contributed by atoms with Gasteiger partial charge in [0.15, 0.2) is 23.0 Å². The summed E-state index contributed by atoms with van der Waals surface area (Å²) in [5, 5.41) is 3.12. The van der Waals surface area contributed by atoms with Gasteiger partial charge in [-0.25, -0.2) is 18.2 Å². The smallest absolute Gasteiger partial charge is 0.194 e. The van der Waals surface area contributed by atoms with Crippen molar-refractivity contribution in [1.29, 1.82) is 0 Å². The van der Waals surface area contributed by atoms with Crippen molar-refractivity contribution >= 4 is 44.3 Å². The number of pyridine rings is 1. The molecule has 138 valence electrons. The third-order valence-electron chi connectivity index (χ3n) is 3.71. The number of anilines is 1. The van der Waals surface area contributed by atoms with E-state index in [9.17, 15) is 13.2 Å². The molecule has 9 heteroatoms. The summed E-state index contributed by atoms with van der Waals surface area (Å²) >= 11 is 9.47. The van der Waals surface area contributed by atoms with Crippen molar-refractivity contribution in [3.63, 3.8) is 0 Å². The van der Waals surface area contributed by atoms with Gasteiger partial charge in [0.25, 0.3) is 0 Å². The zero-order valence-corrected chi connectivity index (χ0v) is 15.9. The molecule has 1 atom stereocenters. The quantitative estimate of drug-likeness (QED) is 0.418. The molecule has 0 bridgehead atoms. The lowest BCUT2D eigenvalue weighted by Gasteiger charge is -2.09. The Labute approximate surface area is 160 Å². The molecule has 1 aromatic carbocycles. The summed E-state index contributed by atoms with van der Waals surface area (Å²) < 4.78 is 46.7. The van der Waals surface area contributed by atoms with Crippen LogP contribution in [0.15, 0.2) is 27.1 Å². The highest BCUT2D eigenvalue weighted by atomic mass is 79.9. The number of hydrogen-bond donors (Lipinski definition) is 2. The van der Waals surface area contributed by atoms with Gasteiger partial charge in [-0.15, -0.1) is 0 Å². The number of aromatic nitrogens is 1. The minimum Gasteiger partial charge on any atom is -0.456 e. The Bertz CT molecular complexity index is 978. The monoisotopic (exact) mass is 447 g/mol. The van der Waals surface area contributed by atoms with Gasteiger partial charge in [-0.3, -0.25) is 0 Å². The highest BCUT2D eigenvalue weighted by Gasteiger charge is 2.19. The lowest BCUT2D eigenvalue weighted by molar-refractivity contribution is 0.442. The minimum atomic E-state index is -1.51. The van der Waals surface area contributed by atoms with Gasteiger partial charge in [-0.05, 0) is 28.9 Å². The fraction of sp³-hybridized carbons (Fsp3) is 0.235. The predicted molar refractivity (Wildman–Crippen MR) is 97.7 cm³/mol. The molecule has 3 N–H and O–H groups in total. The molecule has 0 radical (unpaired) electrons. The van der Waals surface area contributed by atoms with Gasteiger partial charge in [-0.1, -0.05) is 17.7 Å². The summed E-state index contributed by atoms with van der Waals surface area (Å²) in [6.45, 7) is 1.74. The van der Waals surface area contributed by atoms with E-state index in [2.05, 4.69) is 26.2 Å². The maximum Gasteiger partial charge on any atom is 0.194 e. The standard InChI is InChI=1S/C17H14BrClF3N3O/c1-7(23)4-11-13(18)16-17(26-11)10(5-12(19)25-16)24-6-8-2-3-9(20)15(22)14(8)21/h2-3,5,7H,4,6,23H2,1H3,(H,24,25)/t7-/m0/s1. The van der Waals surface area contributed by atoms with Crippen molar-refractivity contribution in [1.82, 2.24) is 4.98 Å². The van der Waals surface area contributed by atoms with Crippen LogP contribution in [-0.2, 0) is 13.0 Å². The first kappa shape index (κ1) is 19.0. The molecule has 2 heterocycles. The number of furan rings is 1. The van der Waals surface area contributed by atoms with Gasteiger partial charge >= 0.3 is 0 Å². The van der Waals surface area contributed by atoms with Crippen LogP contribution in [0.2, 0.25) is 5.15 Å². The Morgan fingerprint density at radius 1 is 1.31 bits per heavy atom. The molecule has 0 amide bonds. The van der Waals surface area contributed by atoms with E-state index in [4.69, 9.17) is 21.8 Å². The molecule has 3 rings (SSSR count). The Morgan fingerprint density at radius 3 is 2.73 bits per heavy atom. The second-order valence-electron chi connectivity index (χ2n) is 5.88. The summed E-state index contributed by atoms with van der Waals surface area (Å²) in [6, 6.07) is 3.41. The molecule has 4 nitrogen and oxygen atoms in total. The average molecular weight is 449 g/mol. The number of fused-ring (bicyclic) bond motifs is 1. The molecule has 0 aliphatic heterocycles. The molecular formula is C17H14BrClF3N3O. The molecule has 0 unspecified atom stereocenters. The fourth-order valence-electron chi connectivity index (χ4n) is 2.50. The summed E-state index contributed by atoms with van der Waals surface area (Å²) in [5.41, 5.74) is 7.11. The zero-order valence-electron chi connectivity index (χ0n) is 13.5. The second-order valence-corrected chi connectivity index (χ2v) is 7.06. The Balaban J connectivity index is 1.96. The summed E-state index contributed by atoms with van der Waals surface area (Å²) in [6.07, 6.45) is 0.478. The van der Waals surface area contributed by atoms with E-state index in [1.54, 1.807) is 0 Å². The second kappa shape index (κ2) is 7.46. The fourth-order valence-corrected chi connectivity index (χ4v) is 3.21. The van der Waals surface area contributed by atoms with Crippen LogP contribution in [0.1, 0.15) is 18.2 Å². The largest absolute Gasteiger partial charge is 0.456 e. The van der Waals surface area contributed by atoms with Gasteiger partial charge in [0, 0.05) is 30.6 Å². The number of nitrogens with zero attached hydrogens (tertiary/aromatic N) is 1. The van der Waals surface area contributed by atoms with Crippen LogP contribution in [0.5, 0.6) is 0 Å². The van der Waals surface area contributed by atoms with Crippen LogP contribution < -0.4 is 11.1 Å². The lowest BCUT2D eigenvalue weighted by Crippen LogP contribution is -2.17. The Morgan fingerprint density at radius 2 is 2.04 bits per heavy atom. The molecule has 3 aromatic rings. The van der Waals surface area contributed by atoms with Gasteiger partial charge in [0.05, 0.1) is 10.2 Å². The lowest BCUT2D eigenvalue weighted by atomic mass is 10.2. The molecule has 0 aliphatic rings. The van der Waals surface area contributed by atoms with Crippen LogP contribution in [0, 0.1) is 17.5 Å². The number of rotatable bonds is 5. The highest BCUT2D eigenvalue weighted by Crippen LogP contribution is 2.36. The molecule has 0 aliphatic carbocycles. The van der Waals surface area contributed by atoms with E-state index in [1.807, 2.05) is 6.92 Å². The van der Waals surface area contributed by atoms with Crippen molar-refractivity contribution in [2.75, 3.05) is 5.32 Å². The third-order valence-corrected chi connectivity index (χ3v) is 4.72. The Hall–Kier alpha value is -1.77. The van der Waals surface area contributed by atoms with Crippen molar-refractivity contribution in [2.24, 2.45) is 5.73 Å². The van der Waals surface area contributed by atoms with E-state index in [0.717, 1.165) is 6.07 Å². The molecule has 0 fully saturated rings. The molecular weight excluding hydrogens is 435 g/mol. The van der Waals surface area contributed by atoms with Crippen LogP contribution in [0.25, 0.3) is 11.1 Å². The number of nitrogens with two attached hydrogens (primary N) is 1. The highest BCUT2D eigenvalue weighted by molar-refractivity contribution is 9.10. The van der Waals surface area contributed by atoms with E-state index >= 15 is 0 Å². The van der Waals surface area contributed by atoms with E-state index < -0.39 is 17.5 Å². The van der Waals surface area contributed by atoms with Crippen molar-refractivity contribution < 1.29 is 17.6 Å². The van der Waals surface area contributed by atoms with Crippen molar-refractivity contribution in [2.45, 2.75) is 25.9 Å². The maximum atomic E-state index is 13.8. The molecule has 2 aromatic heterocycles. The van der Waals surface area contributed by atoms with Crippen LogP contribution in [0.4, 0.5) is 18.9 Å². The minimum absolute atomic E-state index is 0.0357. The van der Waals surface area contributed by atoms with E-state index in [0.29, 0.717) is 33.4 Å². The van der Waals surface area contributed by atoms with Crippen molar-refractivity contribution in [3.05, 3.63) is 56.6 Å². The first-order valence-electron chi connectivity index (χ1n) is 7.67. The first-order valence-corrected chi connectivity index (χ1v) is 8.84. The SMILES string of the molecule is C[C@H](N)Cc1oc2c(NCc3ccc(F)c(F)c3F)cc(Cl)nc2c1Br. The number of halogens is 5. The predicted octanol–water partition coefficient (Wildman–Crippen LogP) is 5.16. The van der Waals surface area contributed by atoms with Gasteiger partial charge in [-0.2, -0.15) is 0 Å². The van der Waals surface area contributed by atoms with Gasteiger partial charge < -0.3 is 15.5 Å². The van der Waals surface area contributed by atoms with Crippen LogP contribution >= 0.6 is 27.5 Å². The normalized spacial score (nSPS) is 12.6. The van der Waals surface area contributed by atoms with Crippen LogP contribution in [-0.4, -0.2) is 11.0 Å². The number of nitrogens with one attached hydrogen (secondary N) is 1.